The van der Waals surface area contributed by atoms with E-state index in [2.05, 4.69) is 20.0 Å². The summed E-state index contributed by atoms with van der Waals surface area (Å²) in [6.07, 6.45) is 2.79. The standard InChI is InChI=1S/C18H15N5O5S/c1-12-4-2-5-15(16(12)23(25)26)17(24)21-13-6-8-14(9-7-13)29(27,28)22-18-19-10-3-11-20-18/h2-11H,1H3,(H,21,24)(H,19,20,22). The molecule has 0 saturated heterocycles. The van der Waals surface area contributed by atoms with Crippen molar-refractivity contribution in [3.63, 3.8) is 0 Å². The second-order valence-corrected chi connectivity index (χ2v) is 7.57. The lowest BCUT2D eigenvalue weighted by atomic mass is 10.1. The molecule has 3 aromatic rings. The van der Waals surface area contributed by atoms with Crippen molar-refractivity contribution in [3.8, 4) is 0 Å². The average Bonchev–Trinajstić information content (AvgIpc) is 2.68. The van der Waals surface area contributed by atoms with Gasteiger partial charge in [0.25, 0.3) is 21.6 Å². The topological polar surface area (TPSA) is 144 Å². The number of hydrogen-bond donors (Lipinski definition) is 2. The molecule has 10 nitrogen and oxygen atoms in total. The predicted molar refractivity (Wildman–Crippen MR) is 105 cm³/mol. The normalized spacial score (nSPS) is 10.9. The molecule has 0 unspecified atom stereocenters. The molecular formula is C18H15N5O5S. The molecule has 2 aromatic carbocycles. The molecule has 1 aromatic heterocycles. The molecule has 0 spiro atoms. The van der Waals surface area contributed by atoms with E-state index in [1.807, 2.05) is 0 Å². The summed E-state index contributed by atoms with van der Waals surface area (Å²) in [5, 5.41) is 13.8. The van der Waals surface area contributed by atoms with Crippen molar-refractivity contribution in [1.29, 1.82) is 0 Å². The number of sulfonamides is 1. The Hall–Kier alpha value is -3.86. The number of amides is 1. The number of carbonyl (C=O) groups is 1. The van der Waals surface area contributed by atoms with E-state index < -0.39 is 20.9 Å². The molecule has 29 heavy (non-hydrogen) atoms. The van der Waals surface area contributed by atoms with E-state index >= 15 is 0 Å². The summed E-state index contributed by atoms with van der Waals surface area (Å²) in [5.41, 5.74) is 0.268. The van der Waals surface area contributed by atoms with Gasteiger partial charge in [0.15, 0.2) is 0 Å². The Bertz CT molecular complexity index is 1170. The third-order valence-corrected chi connectivity index (χ3v) is 5.22. The molecule has 0 radical (unpaired) electrons. The number of hydrogen-bond acceptors (Lipinski definition) is 7. The Kier molecular flexibility index (Phi) is 5.50. The fourth-order valence-corrected chi connectivity index (χ4v) is 3.49. The minimum atomic E-state index is -3.91. The molecule has 0 fully saturated rings. The zero-order valence-corrected chi connectivity index (χ0v) is 15.9. The molecule has 148 valence electrons. The lowest BCUT2D eigenvalue weighted by Gasteiger charge is -2.09. The molecule has 11 heteroatoms. The number of para-hydroxylation sites is 1. The van der Waals surface area contributed by atoms with Crippen molar-refractivity contribution in [2.45, 2.75) is 11.8 Å². The fourth-order valence-electron chi connectivity index (χ4n) is 2.53. The molecule has 1 heterocycles. The van der Waals surface area contributed by atoms with Crippen molar-refractivity contribution in [2.24, 2.45) is 0 Å². The summed E-state index contributed by atoms with van der Waals surface area (Å²) in [6, 6.07) is 11.3. The largest absolute Gasteiger partial charge is 0.322 e. The Balaban J connectivity index is 1.79. The van der Waals surface area contributed by atoms with Crippen molar-refractivity contribution < 1.29 is 18.1 Å². The van der Waals surface area contributed by atoms with Gasteiger partial charge >= 0.3 is 0 Å². The molecule has 0 aliphatic carbocycles. The highest BCUT2D eigenvalue weighted by Crippen LogP contribution is 2.24. The van der Waals surface area contributed by atoms with Crippen LogP contribution in [0.2, 0.25) is 0 Å². The third-order valence-electron chi connectivity index (χ3n) is 3.88. The summed E-state index contributed by atoms with van der Waals surface area (Å²) in [6.45, 7) is 1.54. The highest BCUT2D eigenvalue weighted by Gasteiger charge is 2.22. The molecule has 0 aliphatic heterocycles. The number of rotatable bonds is 6. The number of carbonyl (C=O) groups excluding carboxylic acids is 1. The highest BCUT2D eigenvalue weighted by atomic mass is 32.2. The van der Waals surface area contributed by atoms with Gasteiger partial charge in [0.05, 0.1) is 9.82 Å². The Morgan fingerprint density at radius 2 is 1.69 bits per heavy atom. The smallest absolute Gasteiger partial charge is 0.285 e. The maximum absolute atomic E-state index is 12.5. The zero-order valence-electron chi connectivity index (χ0n) is 15.1. The number of nitrogens with one attached hydrogen (secondary N) is 2. The van der Waals surface area contributed by atoms with Gasteiger partial charge in [-0.25, -0.2) is 23.1 Å². The number of benzene rings is 2. The van der Waals surface area contributed by atoms with Gasteiger partial charge in [-0.1, -0.05) is 12.1 Å². The van der Waals surface area contributed by atoms with Crippen LogP contribution in [-0.4, -0.2) is 29.2 Å². The third kappa shape index (κ3) is 4.52. The SMILES string of the molecule is Cc1cccc(C(=O)Nc2ccc(S(=O)(=O)Nc3ncccn3)cc2)c1[N+](=O)[O-]. The lowest BCUT2D eigenvalue weighted by Crippen LogP contribution is -2.16. The number of nitrogens with zero attached hydrogens (tertiary/aromatic N) is 3. The van der Waals surface area contributed by atoms with Crippen molar-refractivity contribution in [1.82, 2.24) is 9.97 Å². The highest BCUT2D eigenvalue weighted by molar-refractivity contribution is 7.92. The number of anilines is 2. The van der Waals surface area contributed by atoms with Gasteiger partial charge in [0, 0.05) is 23.6 Å². The monoisotopic (exact) mass is 413 g/mol. The summed E-state index contributed by atoms with van der Waals surface area (Å²) >= 11 is 0. The van der Waals surface area contributed by atoms with E-state index in [1.54, 1.807) is 12.1 Å². The van der Waals surface area contributed by atoms with Crippen molar-refractivity contribution in [2.75, 3.05) is 10.0 Å². The van der Waals surface area contributed by atoms with Crippen LogP contribution in [-0.2, 0) is 10.0 Å². The Labute approximate surface area is 165 Å². The van der Waals surface area contributed by atoms with Gasteiger partial charge in [-0.3, -0.25) is 14.9 Å². The quantitative estimate of drug-likeness (QED) is 0.467. The molecule has 2 N–H and O–H groups in total. The zero-order chi connectivity index (χ0) is 21.0. The minimum absolute atomic E-state index is 0.0653. The first kappa shape index (κ1) is 19.9. The molecule has 1 amide bonds. The first-order valence-electron chi connectivity index (χ1n) is 8.23. The maximum atomic E-state index is 12.5. The maximum Gasteiger partial charge on any atom is 0.285 e. The summed E-state index contributed by atoms with van der Waals surface area (Å²) < 4.78 is 27.0. The number of aromatic nitrogens is 2. The average molecular weight is 413 g/mol. The molecular weight excluding hydrogens is 398 g/mol. The number of nitro groups is 1. The number of nitro benzene ring substituents is 1. The summed E-state index contributed by atoms with van der Waals surface area (Å²) in [5.74, 6) is -0.747. The molecule has 0 aliphatic rings. The predicted octanol–water partition coefficient (Wildman–Crippen LogP) is 2.75. The molecule has 0 atom stereocenters. The first-order valence-corrected chi connectivity index (χ1v) is 9.71. The van der Waals surface area contributed by atoms with Crippen LogP contribution in [0, 0.1) is 17.0 Å². The second-order valence-electron chi connectivity index (χ2n) is 5.88. The van der Waals surface area contributed by atoms with Gasteiger partial charge in [-0.15, -0.1) is 0 Å². The lowest BCUT2D eigenvalue weighted by molar-refractivity contribution is -0.385. The van der Waals surface area contributed by atoms with Crippen LogP contribution in [0.15, 0.2) is 65.8 Å². The van der Waals surface area contributed by atoms with E-state index in [1.165, 1.54) is 55.7 Å². The second kappa shape index (κ2) is 8.02. The van der Waals surface area contributed by atoms with E-state index in [0.717, 1.165) is 0 Å². The van der Waals surface area contributed by atoms with Gasteiger partial charge in [0.1, 0.15) is 5.56 Å². The van der Waals surface area contributed by atoms with Crippen molar-refractivity contribution >= 4 is 33.3 Å². The van der Waals surface area contributed by atoms with E-state index in [4.69, 9.17) is 0 Å². The van der Waals surface area contributed by atoms with Gasteiger partial charge in [-0.2, -0.15) is 0 Å². The van der Waals surface area contributed by atoms with Crippen LogP contribution in [0.25, 0.3) is 0 Å². The van der Waals surface area contributed by atoms with Crippen LogP contribution < -0.4 is 10.0 Å². The molecule has 0 saturated carbocycles. The first-order chi connectivity index (χ1) is 13.8. The van der Waals surface area contributed by atoms with Crippen LogP contribution in [0.4, 0.5) is 17.3 Å². The molecule has 0 bridgehead atoms. The summed E-state index contributed by atoms with van der Waals surface area (Å²) in [4.78, 5) is 30.6. The van der Waals surface area contributed by atoms with Gasteiger partial charge < -0.3 is 5.32 Å². The minimum Gasteiger partial charge on any atom is -0.322 e. The van der Waals surface area contributed by atoms with E-state index in [9.17, 15) is 23.3 Å². The van der Waals surface area contributed by atoms with Crippen LogP contribution in [0.5, 0.6) is 0 Å². The summed E-state index contributed by atoms with van der Waals surface area (Å²) in [7, 11) is -3.91. The van der Waals surface area contributed by atoms with Crippen molar-refractivity contribution in [3.05, 3.63) is 82.2 Å². The van der Waals surface area contributed by atoms with Crippen LogP contribution in [0.3, 0.4) is 0 Å². The number of aryl methyl sites for hydroxylation is 1. The van der Waals surface area contributed by atoms with Gasteiger partial charge in [0.2, 0.25) is 5.95 Å². The Morgan fingerprint density at radius 3 is 2.31 bits per heavy atom. The molecule has 3 rings (SSSR count). The Morgan fingerprint density at radius 1 is 1.03 bits per heavy atom. The van der Waals surface area contributed by atoms with Crippen LogP contribution in [0.1, 0.15) is 15.9 Å². The fraction of sp³-hybridized carbons (Fsp3) is 0.0556. The van der Waals surface area contributed by atoms with Gasteiger partial charge in [-0.05, 0) is 43.3 Å². The van der Waals surface area contributed by atoms with Crippen LogP contribution >= 0.6 is 0 Å². The van der Waals surface area contributed by atoms with E-state index in [0.29, 0.717) is 5.56 Å². The van der Waals surface area contributed by atoms with E-state index in [-0.39, 0.29) is 27.8 Å².